The van der Waals surface area contributed by atoms with Gasteiger partial charge in [0.05, 0.1) is 19.8 Å². The smallest absolute Gasteiger partial charge is 0.306 e. The number of allylic oxidation sites excluding steroid dienone is 8. The molecule has 1 saturated heterocycles. The molecule has 6 unspecified atom stereocenters. The number of hydrogen-bond donors (Lipinski definition) is 4. The summed E-state index contributed by atoms with van der Waals surface area (Å²) in [6.07, 6.45) is 54.5. The number of carbonyl (C=O) groups is 1. The van der Waals surface area contributed by atoms with Crippen LogP contribution >= 0.6 is 0 Å². The molecule has 1 rings (SSSR count). The summed E-state index contributed by atoms with van der Waals surface area (Å²) in [6.45, 7) is 4.45. The first kappa shape index (κ1) is 62.2. The highest BCUT2D eigenvalue weighted by atomic mass is 16.7. The lowest BCUT2D eigenvalue weighted by Crippen LogP contribution is -2.59. The van der Waals surface area contributed by atoms with Gasteiger partial charge in [0, 0.05) is 13.0 Å². The van der Waals surface area contributed by atoms with E-state index in [1.807, 2.05) is 0 Å². The summed E-state index contributed by atoms with van der Waals surface area (Å²) >= 11 is 0. The summed E-state index contributed by atoms with van der Waals surface area (Å²) in [5.41, 5.74) is 0. The molecule has 0 aliphatic carbocycles. The maximum absolute atomic E-state index is 12.8. The van der Waals surface area contributed by atoms with Gasteiger partial charge in [0.2, 0.25) is 0 Å². The molecule has 1 aliphatic rings. The van der Waals surface area contributed by atoms with Crippen molar-refractivity contribution in [2.75, 3.05) is 26.4 Å². The lowest BCUT2D eigenvalue weighted by molar-refractivity contribution is -0.305. The van der Waals surface area contributed by atoms with E-state index >= 15 is 0 Å². The van der Waals surface area contributed by atoms with E-state index in [9.17, 15) is 25.2 Å². The number of unbranched alkanes of at least 4 members (excludes halogenated alkanes) is 29. The number of aliphatic hydroxyl groups excluding tert-OH is 4. The van der Waals surface area contributed by atoms with Gasteiger partial charge in [0.1, 0.15) is 30.5 Å². The van der Waals surface area contributed by atoms with Crippen molar-refractivity contribution in [3.63, 3.8) is 0 Å². The second-order valence-corrected chi connectivity index (χ2v) is 19.0. The number of ether oxygens (including phenoxy) is 4. The second-order valence-electron chi connectivity index (χ2n) is 19.0. The van der Waals surface area contributed by atoms with Gasteiger partial charge in [-0.1, -0.05) is 236 Å². The van der Waals surface area contributed by atoms with E-state index in [-0.39, 0.29) is 19.2 Å². The number of rotatable bonds is 48. The molecule has 0 aromatic rings. The van der Waals surface area contributed by atoms with Crippen LogP contribution < -0.4 is 0 Å². The van der Waals surface area contributed by atoms with Crippen LogP contribution in [-0.4, -0.2) is 89.6 Å². The summed E-state index contributed by atoms with van der Waals surface area (Å²) in [6, 6.07) is 0. The third-order valence-corrected chi connectivity index (χ3v) is 12.8. The van der Waals surface area contributed by atoms with Crippen LogP contribution in [0.1, 0.15) is 245 Å². The van der Waals surface area contributed by atoms with E-state index in [1.165, 1.54) is 154 Å². The van der Waals surface area contributed by atoms with Crippen molar-refractivity contribution in [3.05, 3.63) is 48.6 Å². The quantitative estimate of drug-likeness (QED) is 0.0267. The normalized spacial score (nSPS) is 19.6. The van der Waals surface area contributed by atoms with Crippen molar-refractivity contribution in [2.24, 2.45) is 0 Å². The van der Waals surface area contributed by atoms with Crippen LogP contribution in [0.15, 0.2) is 48.6 Å². The van der Waals surface area contributed by atoms with Crippen LogP contribution in [0.25, 0.3) is 0 Å². The highest BCUT2D eigenvalue weighted by Crippen LogP contribution is 2.23. The highest BCUT2D eigenvalue weighted by molar-refractivity contribution is 5.69. The molecule has 0 saturated carbocycles. The molecule has 0 amide bonds. The average molecular weight is 933 g/mol. The Morgan fingerprint density at radius 2 is 0.924 bits per heavy atom. The third kappa shape index (κ3) is 38.1. The van der Waals surface area contributed by atoms with Gasteiger partial charge in [-0.2, -0.15) is 0 Å². The van der Waals surface area contributed by atoms with Gasteiger partial charge < -0.3 is 39.4 Å². The molecule has 1 fully saturated rings. The lowest BCUT2D eigenvalue weighted by atomic mass is 9.99. The first-order chi connectivity index (χ1) is 32.4. The minimum Gasteiger partial charge on any atom is -0.457 e. The average Bonchev–Trinajstić information content (AvgIpc) is 3.32. The van der Waals surface area contributed by atoms with Crippen molar-refractivity contribution in [2.45, 2.75) is 282 Å². The van der Waals surface area contributed by atoms with Gasteiger partial charge >= 0.3 is 5.97 Å². The monoisotopic (exact) mass is 933 g/mol. The minimum absolute atomic E-state index is 0.122. The molecule has 0 radical (unpaired) electrons. The fourth-order valence-corrected chi connectivity index (χ4v) is 8.49. The van der Waals surface area contributed by atoms with E-state index in [4.69, 9.17) is 18.9 Å². The van der Waals surface area contributed by atoms with Crippen LogP contribution in [0, 0.1) is 0 Å². The van der Waals surface area contributed by atoms with E-state index in [0.717, 1.165) is 70.6 Å². The van der Waals surface area contributed by atoms with Crippen LogP contribution in [0.2, 0.25) is 0 Å². The molecule has 386 valence electrons. The van der Waals surface area contributed by atoms with E-state index in [2.05, 4.69) is 62.5 Å². The molecule has 1 heterocycles. The SMILES string of the molecule is CC/C=C\C/C=C\C/C=C\C/C=C\CCCCCCC(=O)OC(COCCCCCCCCCCCCCCCCCCCCCCCCCCCC)COC1OC(CO)C(O)C(O)C1O. The van der Waals surface area contributed by atoms with Gasteiger partial charge in [0.15, 0.2) is 6.29 Å². The standard InChI is InChI=1S/C57H104O9/c1-3-5-7-9-11-13-15-17-19-21-22-23-24-25-26-27-28-29-31-33-35-37-39-41-43-45-47-63-49-51(50-64-57-56(62)55(61)54(60)52(48-58)66-57)65-53(59)46-44-42-40-38-36-34-32-30-20-18-16-14-12-10-8-6-4-2/h6,8,12,14,18,20,32,34,51-52,54-58,60-62H,3-5,7,9-11,13,15-17,19,21-31,33,35-50H2,1-2H3/b8-6-,14-12-,20-18-,34-32-. The van der Waals surface area contributed by atoms with Crippen LogP contribution in [0.3, 0.4) is 0 Å². The highest BCUT2D eigenvalue weighted by Gasteiger charge is 2.44. The van der Waals surface area contributed by atoms with Crippen molar-refractivity contribution in [1.82, 2.24) is 0 Å². The molecule has 6 atom stereocenters. The molecule has 0 spiro atoms. The maximum Gasteiger partial charge on any atom is 0.306 e. The lowest BCUT2D eigenvalue weighted by Gasteiger charge is -2.39. The van der Waals surface area contributed by atoms with Crippen molar-refractivity contribution in [1.29, 1.82) is 0 Å². The molecule has 0 bridgehead atoms. The van der Waals surface area contributed by atoms with Gasteiger partial charge in [0.25, 0.3) is 0 Å². The van der Waals surface area contributed by atoms with Crippen molar-refractivity contribution < 1.29 is 44.2 Å². The molecule has 9 heteroatoms. The van der Waals surface area contributed by atoms with Crippen LogP contribution in [0.5, 0.6) is 0 Å². The maximum atomic E-state index is 12.8. The van der Waals surface area contributed by atoms with E-state index < -0.39 is 43.4 Å². The van der Waals surface area contributed by atoms with Gasteiger partial charge in [-0.15, -0.1) is 0 Å². The zero-order chi connectivity index (χ0) is 47.8. The number of carbonyl (C=O) groups excluding carboxylic acids is 1. The molecule has 1 aliphatic heterocycles. The molecule has 4 N–H and O–H groups in total. The summed E-state index contributed by atoms with van der Waals surface area (Å²) in [5.74, 6) is -0.333. The topological polar surface area (TPSA) is 135 Å². The molecule has 66 heavy (non-hydrogen) atoms. The third-order valence-electron chi connectivity index (χ3n) is 12.8. The Bertz CT molecular complexity index is 1150. The van der Waals surface area contributed by atoms with Gasteiger partial charge in [-0.05, 0) is 51.4 Å². The Kier molecular flexibility index (Phi) is 45.4. The number of hydrogen-bond acceptors (Lipinski definition) is 9. The summed E-state index contributed by atoms with van der Waals surface area (Å²) in [7, 11) is 0. The fraction of sp³-hybridized carbons (Fsp3) is 0.842. The van der Waals surface area contributed by atoms with Gasteiger partial charge in [-0.3, -0.25) is 4.79 Å². The second kappa shape index (κ2) is 48.2. The zero-order valence-electron chi connectivity index (χ0n) is 42.7. The Hall–Kier alpha value is -1.85. The van der Waals surface area contributed by atoms with Crippen LogP contribution in [-0.2, 0) is 23.7 Å². The fourth-order valence-electron chi connectivity index (χ4n) is 8.49. The minimum atomic E-state index is -1.54. The number of esters is 1. The first-order valence-corrected chi connectivity index (χ1v) is 27.7. The largest absolute Gasteiger partial charge is 0.457 e. The number of aliphatic hydroxyl groups is 4. The Morgan fingerprint density at radius 1 is 0.500 bits per heavy atom. The van der Waals surface area contributed by atoms with Crippen molar-refractivity contribution >= 4 is 5.97 Å². The molecular formula is C57H104O9. The Balaban J connectivity index is 2.15. The zero-order valence-corrected chi connectivity index (χ0v) is 42.7. The molecular weight excluding hydrogens is 829 g/mol. The molecule has 0 aromatic heterocycles. The van der Waals surface area contributed by atoms with Crippen molar-refractivity contribution in [3.8, 4) is 0 Å². The first-order valence-electron chi connectivity index (χ1n) is 27.7. The summed E-state index contributed by atoms with van der Waals surface area (Å²) < 4.78 is 22.9. The van der Waals surface area contributed by atoms with E-state index in [0.29, 0.717) is 13.0 Å². The van der Waals surface area contributed by atoms with Gasteiger partial charge in [-0.25, -0.2) is 0 Å². The molecule has 0 aromatic carbocycles. The predicted molar refractivity (Wildman–Crippen MR) is 275 cm³/mol. The Labute approximate surface area is 405 Å². The predicted octanol–water partition coefficient (Wildman–Crippen LogP) is 14.0. The summed E-state index contributed by atoms with van der Waals surface area (Å²) in [5, 5.41) is 40.3. The Morgan fingerprint density at radius 3 is 1.39 bits per heavy atom. The van der Waals surface area contributed by atoms with E-state index in [1.54, 1.807) is 0 Å². The van der Waals surface area contributed by atoms with Crippen LogP contribution in [0.4, 0.5) is 0 Å². The molecule has 9 nitrogen and oxygen atoms in total. The summed E-state index contributed by atoms with van der Waals surface area (Å²) in [4.78, 5) is 12.8.